The second-order valence-electron chi connectivity index (χ2n) is 8.01. The third kappa shape index (κ3) is 4.17. The van der Waals surface area contributed by atoms with E-state index < -0.39 is 0 Å². The van der Waals surface area contributed by atoms with Crippen molar-refractivity contribution in [2.24, 2.45) is 0 Å². The molecule has 146 valence electrons. The van der Waals surface area contributed by atoms with Gasteiger partial charge < -0.3 is 4.90 Å². The summed E-state index contributed by atoms with van der Waals surface area (Å²) >= 11 is 0. The summed E-state index contributed by atoms with van der Waals surface area (Å²) in [6.45, 7) is 3.15. The first-order valence-electron chi connectivity index (χ1n) is 10.4. The third-order valence-corrected chi connectivity index (χ3v) is 6.10. The molecule has 1 fully saturated rings. The third-order valence-electron chi connectivity index (χ3n) is 6.10. The monoisotopic (exact) mass is 374 g/mol. The summed E-state index contributed by atoms with van der Waals surface area (Å²) in [6.07, 6.45) is 6.01. The topological polar surface area (TPSA) is 34.0 Å². The summed E-state index contributed by atoms with van der Waals surface area (Å²) in [6, 6.07) is 21.9. The molecule has 2 atom stereocenters. The molecule has 0 unspecified atom stereocenters. The van der Waals surface area contributed by atoms with E-state index in [9.17, 15) is 0 Å². The molecule has 3 aromatic rings. The van der Waals surface area contributed by atoms with Crippen LogP contribution in [0.1, 0.15) is 48.8 Å². The molecule has 28 heavy (non-hydrogen) atoms. The number of hydrogen-bond acceptors (Lipinski definition) is 3. The highest BCUT2D eigenvalue weighted by atomic mass is 15.3. The minimum absolute atomic E-state index is 0.472. The van der Waals surface area contributed by atoms with E-state index in [0.717, 1.165) is 31.0 Å². The summed E-state index contributed by atoms with van der Waals surface area (Å²) in [5.41, 5.74) is 2.58. The SMILES string of the molecule is Cc1nnc([C@H]2CCC[C@H](N(C)CCc3ccccc3)C2)n1-c1ccccc1. The Kier molecular flexibility index (Phi) is 5.87. The zero-order valence-corrected chi connectivity index (χ0v) is 17.0. The predicted molar refractivity (Wildman–Crippen MR) is 114 cm³/mol. The lowest BCUT2D eigenvalue weighted by Gasteiger charge is -2.35. The number of hydrogen-bond donors (Lipinski definition) is 0. The molecule has 1 saturated carbocycles. The quantitative estimate of drug-likeness (QED) is 0.623. The Labute approximate surface area is 168 Å². The van der Waals surface area contributed by atoms with Crippen LogP contribution in [0.25, 0.3) is 5.69 Å². The average Bonchev–Trinajstić information content (AvgIpc) is 3.15. The lowest BCUT2D eigenvalue weighted by molar-refractivity contribution is 0.178. The molecule has 1 aliphatic rings. The van der Waals surface area contributed by atoms with Gasteiger partial charge in [0.15, 0.2) is 0 Å². The van der Waals surface area contributed by atoms with Crippen molar-refractivity contribution in [1.82, 2.24) is 19.7 Å². The fraction of sp³-hybridized carbons (Fsp3) is 0.417. The maximum absolute atomic E-state index is 4.60. The standard InChI is InChI=1S/C24H30N4/c1-19-25-26-24(28(19)22-13-7-4-8-14-22)21-12-9-15-23(18-21)27(2)17-16-20-10-5-3-6-11-20/h3-8,10-11,13-14,21,23H,9,12,15-18H2,1-2H3/t21-,23-/m0/s1. The number of nitrogens with zero attached hydrogens (tertiary/aromatic N) is 4. The Hall–Kier alpha value is -2.46. The van der Waals surface area contributed by atoms with Crippen LogP contribution in [0.2, 0.25) is 0 Å². The Morgan fingerprint density at radius 2 is 1.68 bits per heavy atom. The number of likely N-dealkylation sites (N-methyl/N-ethyl adjacent to an activating group) is 1. The van der Waals surface area contributed by atoms with E-state index in [1.54, 1.807) is 0 Å². The summed E-state index contributed by atoms with van der Waals surface area (Å²) in [4.78, 5) is 2.55. The van der Waals surface area contributed by atoms with E-state index in [1.807, 2.05) is 0 Å². The van der Waals surface area contributed by atoms with E-state index in [0.29, 0.717) is 12.0 Å². The lowest BCUT2D eigenvalue weighted by Crippen LogP contribution is -2.37. The Morgan fingerprint density at radius 3 is 2.43 bits per heavy atom. The molecular weight excluding hydrogens is 344 g/mol. The first-order chi connectivity index (χ1) is 13.7. The Morgan fingerprint density at radius 1 is 0.964 bits per heavy atom. The van der Waals surface area contributed by atoms with Crippen molar-refractivity contribution < 1.29 is 0 Å². The number of para-hydroxylation sites is 1. The molecule has 1 heterocycles. The molecule has 4 rings (SSSR count). The van der Waals surface area contributed by atoms with Gasteiger partial charge in [0.25, 0.3) is 0 Å². The molecular formula is C24H30N4. The summed E-state index contributed by atoms with van der Waals surface area (Å²) in [5.74, 6) is 2.57. The molecule has 0 radical (unpaired) electrons. The van der Waals surface area contributed by atoms with Crippen LogP contribution in [-0.4, -0.2) is 39.3 Å². The lowest BCUT2D eigenvalue weighted by atomic mass is 9.84. The smallest absolute Gasteiger partial charge is 0.140 e. The van der Waals surface area contributed by atoms with Crippen LogP contribution in [0.3, 0.4) is 0 Å². The maximum atomic E-state index is 4.60. The van der Waals surface area contributed by atoms with Crippen LogP contribution >= 0.6 is 0 Å². The molecule has 4 nitrogen and oxygen atoms in total. The molecule has 0 bridgehead atoms. The van der Waals surface area contributed by atoms with Crippen molar-refractivity contribution in [3.8, 4) is 5.69 Å². The molecule has 1 aromatic heterocycles. The Balaban J connectivity index is 1.46. The minimum Gasteiger partial charge on any atom is -0.303 e. The van der Waals surface area contributed by atoms with Crippen molar-refractivity contribution >= 4 is 0 Å². The first kappa shape index (κ1) is 18.9. The summed E-state index contributed by atoms with van der Waals surface area (Å²) in [5, 5.41) is 9.01. The zero-order valence-electron chi connectivity index (χ0n) is 17.0. The second kappa shape index (κ2) is 8.70. The van der Waals surface area contributed by atoms with Crippen LogP contribution in [0.15, 0.2) is 60.7 Å². The second-order valence-corrected chi connectivity index (χ2v) is 8.01. The van der Waals surface area contributed by atoms with E-state index in [2.05, 4.69) is 94.3 Å². The number of aromatic nitrogens is 3. The largest absolute Gasteiger partial charge is 0.303 e. The summed E-state index contributed by atoms with van der Waals surface area (Å²) in [7, 11) is 2.28. The van der Waals surface area contributed by atoms with Crippen LogP contribution in [0.4, 0.5) is 0 Å². The summed E-state index contributed by atoms with van der Waals surface area (Å²) < 4.78 is 2.25. The van der Waals surface area contributed by atoms with Gasteiger partial charge in [-0.05, 0) is 57.4 Å². The van der Waals surface area contributed by atoms with Gasteiger partial charge in [-0.25, -0.2) is 0 Å². The van der Waals surface area contributed by atoms with Gasteiger partial charge in [0.05, 0.1) is 0 Å². The van der Waals surface area contributed by atoms with Crippen LogP contribution in [-0.2, 0) is 6.42 Å². The fourth-order valence-electron chi connectivity index (χ4n) is 4.47. The highest BCUT2D eigenvalue weighted by Crippen LogP contribution is 2.35. The van der Waals surface area contributed by atoms with Gasteiger partial charge in [0.2, 0.25) is 0 Å². The van der Waals surface area contributed by atoms with Gasteiger partial charge in [-0.3, -0.25) is 4.57 Å². The zero-order chi connectivity index (χ0) is 19.3. The van der Waals surface area contributed by atoms with E-state index >= 15 is 0 Å². The molecule has 1 aliphatic carbocycles. The van der Waals surface area contributed by atoms with Crippen LogP contribution in [0, 0.1) is 6.92 Å². The van der Waals surface area contributed by atoms with Gasteiger partial charge in [-0.2, -0.15) is 0 Å². The molecule has 2 aromatic carbocycles. The van der Waals surface area contributed by atoms with E-state index in [4.69, 9.17) is 0 Å². The fourth-order valence-corrected chi connectivity index (χ4v) is 4.47. The van der Waals surface area contributed by atoms with Gasteiger partial charge >= 0.3 is 0 Å². The van der Waals surface area contributed by atoms with Gasteiger partial charge in [0.1, 0.15) is 11.6 Å². The van der Waals surface area contributed by atoms with Crippen LogP contribution in [0.5, 0.6) is 0 Å². The molecule has 0 saturated heterocycles. The molecule has 4 heteroatoms. The molecule has 0 spiro atoms. The maximum Gasteiger partial charge on any atom is 0.140 e. The van der Waals surface area contributed by atoms with E-state index in [1.165, 1.54) is 30.5 Å². The highest BCUT2D eigenvalue weighted by Gasteiger charge is 2.29. The highest BCUT2D eigenvalue weighted by molar-refractivity contribution is 5.34. The van der Waals surface area contributed by atoms with Gasteiger partial charge in [-0.1, -0.05) is 55.0 Å². The van der Waals surface area contributed by atoms with Crippen molar-refractivity contribution in [2.45, 2.75) is 51.0 Å². The molecule has 0 aliphatic heterocycles. The number of aryl methyl sites for hydroxylation is 1. The van der Waals surface area contributed by atoms with Crippen LogP contribution < -0.4 is 0 Å². The normalized spacial score (nSPS) is 19.8. The molecule has 0 N–H and O–H groups in total. The minimum atomic E-state index is 0.472. The van der Waals surface area contributed by atoms with Crippen molar-refractivity contribution in [2.75, 3.05) is 13.6 Å². The van der Waals surface area contributed by atoms with Crippen molar-refractivity contribution in [1.29, 1.82) is 0 Å². The first-order valence-corrected chi connectivity index (χ1v) is 10.4. The average molecular weight is 375 g/mol. The van der Waals surface area contributed by atoms with Crippen molar-refractivity contribution in [3.05, 3.63) is 77.9 Å². The number of rotatable bonds is 6. The Bertz CT molecular complexity index is 872. The van der Waals surface area contributed by atoms with E-state index in [-0.39, 0.29) is 0 Å². The number of benzene rings is 2. The molecule has 0 amide bonds. The van der Waals surface area contributed by atoms with Gasteiger partial charge in [0, 0.05) is 24.2 Å². The van der Waals surface area contributed by atoms with Gasteiger partial charge in [-0.15, -0.1) is 10.2 Å². The van der Waals surface area contributed by atoms with Crippen molar-refractivity contribution in [3.63, 3.8) is 0 Å². The predicted octanol–water partition coefficient (Wildman–Crippen LogP) is 4.78.